The summed E-state index contributed by atoms with van der Waals surface area (Å²) < 4.78 is 11.5. The molecule has 2 aliphatic rings. The van der Waals surface area contributed by atoms with Gasteiger partial charge in [-0.25, -0.2) is 4.79 Å². The third-order valence-corrected chi connectivity index (χ3v) is 5.55. The Morgan fingerprint density at radius 2 is 1.83 bits per heavy atom. The lowest BCUT2D eigenvalue weighted by Crippen LogP contribution is -2.42. The minimum atomic E-state index is -1.13. The van der Waals surface area contributed by atoms with Crippen LogP contribution in [0.5, 0.6) is 11.5 Å². The van der Waals surface area contributed by atoms with Crippen molar-refractivity contribution < 1.29 is 24.2 Å². The van der Waals surface area contributed by atoms with Gasteiger partial charge in [0.1, 0.15) is 17.5 Å². The number of benzene rings is 2. The van der Waals surface area contributed by atoms with Gasteiger partial charge in [-0.05, 0) is 55.0 Å². The van der Waals surface area contributed by atoms with Crippen molar-refractivity contribution in [2.75, 3.05) is 19.5 Å². The molecular weight excluding hydrogens is 414 g/mol. The quantitative estimate of drug-likeness (QED) is 0.692. The van der Waals surface area contributed by atoms with E-state index in [-0.39, 0.29) is 6.42 Å². The lowest BCUT2D eigenvalue weighted by Gasteiger charge is -2.18. The van der Waals surface area contributed by atoms with E-state index in [9.17, 15) is 14.7 Å². The Balaban J connectivity index is 1.93. The second-order valence-electron chi connectivity index (χ2n) is 6.60. The Labute approximate surface area is 178 Å². The van der Waals surface area contributed by atoms with Gasteiger partial charge in [-0.3, -0.25) is 4.79 Å². The van der Waals surface area contributed by atoms with Gasteiger partial charge in [-0.15, -0.1) is 11.8 Å². The fourth-order valence-electron chi connectivity index (χ4n) is 2.97. The van der Waals surface area contributed by atoms with Gasteiger partial charge in [0.25, 0.3) is 5.91 Å². The number of aliphatic carboxylic acids is 1. The Kier molecular flexibility index (Phi) is 7.28. The number of carboxylic acids is 1. The van der Waals surface area contributed by atoms with Crippen LogP contribution >= 0.6 is 23.4 Å². The number of thioether (sulfide) groups is 1. The van der Waals surface area contributed by atoms with E-state index in [1.807, 2.05) is 12.3 Å². The second-order valence-corrected chi connectivity index (χ2v) is 7.89. The van der Waals surface area contributed by atoms with E-state index in [4.69, 9.17) is 21.1 Å². The van der Waals surface area contributed by atoms with E-state index in [0.717, 1.165) is 17.7 Å². The van der Waals surface area contributed by atoms with Crippen molar-refractivity contribution in [3.05, 3.63) is 52.5 Å². The average molecular weight is 436 g/mol. The van der Waals surface area contributed by atoms with Crippen LogP contribution in [0.1, 0.15) is 28.8 Å². The zero-order chi connectivity index (χ0) is 20.8. The smallest absolute Gasteiger partial charge is 0.326 e. The first-order valence-electron chi connectivity index (χ1n) is 9.23. The molecule has 2 aliphatic heterocycles. The first-order chi connectivity index (χ1) is 14.0. The number of hydrogen-bond acceptors (Lipinski definition) is 5. The molecule has 29 heavy (non-hydrogen) atoms. The number of carboxylic acid groups (broad SMARTS) is 1. The van der Waals surface area contributed by atoms with E-state index < -0.39 is 17.9 Å². The lowest BCUT2D eigenvalue weighted by molar-refractivity contribution is -0.139. The number of fused-ring (bicyclic) bond motifs is 10. The monoisotopic (exact) mass is 435 g/mol. The molecule has 6 nitrogen and oxygen atoms in total. The van der Waals surface area contributed by atoms with Gasteiger partial charge in [-0.1, -0.05) is 17.7 Å². The largest absolute Gasteiger partial charge is 0.493 e. The topological polar surface area (TPSA) is 84.9 Å². The van der Waals surface area contributed by atoms with Gasteiger partial charge >= 0.3 is 5.97 Å². The van der Waals surface area contributed by atoms with E-state index in [0.29, 0.717) is 40.9 Å². The summed E-state index contributed by atoms with van der Waals surface area (Å²) in [6, 6.07) is 9.38. The van der Waals surface area contributed by atoms with Crippen molar-refractivity contribution in [2.24, 2.45) is 0 Å². The van der Waals surface area contributed by atoms with Crippen LogP contribution in [-0.2, 0) is 11.2 Å². The summed E-state index contributed by atoms with van der Waals surface area (Å²) in [5, 5.41) is 12.6. The third kappa shape index (κ3) is 5.58. The zero-order valence-electron chi connectivity index (χ0n) is 15.9. The standard InChI is InChI=1S/C21H22ClNO5S/c1-29-14-5-7-18-15(12-14)20(24)23-17(21(25)26)11-13-4-6-19(16(22)10-13)28-9-3-2-8-27-18/h4-7,10,12,17H,2-3,8-9,11H2,1H3,(H,23,24)(H,25,26)/t17-/m0/s1. The fraction of sp³-hybridized carbons (Fsp3) is 0.333. The highest BCUT2D eigenvalue weighted by Crippen LogP contribution is 2.28. The van der Waals surface area contributed by atoms with E-state index in [1.54, 1.807) is 30.3 Å². The fourth-order valence-corrected chi connectivity index (χ4v) is 3.67. The molecule has 2 aromatic carbocycles. The van der Waals surface area contributed by atoms with Crippen LogP contribution in [0.15, 0.2) is 41.3 Å². The molecule has 0 fully saturated rings. The van der Waals surface area contributed by atoms with Gasteiger partial charge in [-0.2, -0.15) is 0 Å². The number of carbonyl (C=O) groups is 2. The molecule has 2 N–H and O–H groups in total. The van der Waals surface area contributed by atoms with E-state index in [1.165, 1.54) is 11.8 Å². The second kappa shape index (κ2) is 9.89. The molecule has 1 amide bonds. The zero-order valence-corrected chi connectivity index (χ0v) is 17.5. The maximum atomic E-state index is 12.9. The molecule has 0 unspecified atom stereocenters. The van der Waals surface area contributed by atoms with Crippen LogP contribution < -0.4 is 14.8 Å². The lowest BCUT2D eigenvalue weighted by atomic mass is 10.0. The van der Waals surface area contributed by atoms with Crippen LogP contribution in [0, 0.1) is 0 Å². The Hall–Kier alpha value is -2.38. The summed E-state index contributed by atoms with van der Waals surface area (Å²) in [4.78, 5) is 25.5. The van der Waals surface area contributed by atoms with Crippen molar-refractivity contribution in [2.45, 2.75) is 30.2 Å². The molecular formula is C21H22ClNO5S. The summed E-state index contributed by atoms with van der Waals surface area (Å²) in [5.74, 6) is -0.626. The first kappa shape index (κ1) is 21.3. The van der Waals surface area contributed by atoms with Gasteiger partial charge < -0.3 is 19.9 Å². The Bertz CT molecular complexity index is 905. The molecule has 2 bridgehead atoms. The van der Waals surface area contributed by atoms with Crippen molar-refractivity contribution in [1.29, 1.82) is 0 Å². The molecule has 1 atom stereocenters. The Morgan fingerprint density at radius 3 is 2.48 bits per heavy atom. The van der Waals surface area contributed by atoms with Crippen molar-refractivity contribution in [1.82, 2.24) is 5.32 Å². The molecule has 0 spiro atoms. The summed E-state index contributed by atoms with van der Waals surface area (Å²) in [6.07, 6.45) is 3.51. The van der Waals surface area contributed by atoms with Gasteiger partial charge in [0.05, 0.1) is 23.8 Å². The number of rotatable bonds is 2. The number of ether oxygens (including phenoxy) is 2. The van der Waals surface area contributed by atoms with Gasteiger partial charge in [0.15, 0.2) is 0 Å². The Morgan fingerprint density at radius 1 is 1.14 bits per heavy atom. The van der Waals surface area contributed by atoms with Crippen molar-refractivity contribution in [3.8, 4) is 11.5 Å². The summed E-state index contributed by atoms with van der Waals surface area (Å²) in [5.41, 5.74) is 1.01. The van der Waals surface area contributed by atoms with Crippen LogP contribution in [0.4, 0.5) is 0 Å². The highest BCUT2D eigenvalue weighted by atomic mass is 35.5. The predicted octanol–water partition coefficient (Wildman–Crippen LogP) is 4.04. The molecule has 154 valence electrons. The maximum Gasteiger partial charge on any atom is 0.326 e. The SMILES string of the molecule is CSc1ccc2c(c1)C(=O)N[C@H](C(=O)O)Cc1ccc(c(Cl)c1)OCCCCO2. The number of hydrogen-bond donors (Lipinski definition) is 2. The van der Waals surface area contributed by atoms with E-state index in [2.05, 4.69) is 5.32 Å². The molecule has 0 radical (unpaired) electrons. The normalized spacial score (nSPS) is 17.6. The molecule has 2 heterocycles. The van der Waals surface area contributed by atoms with Gasteiger partial charge in [0, 0.05) is 11.3 Å². The van der Waals surface area contributed by atoms with Crippen LogP contribution in [0.3, 0.4) is 0 Å². The predicted molar refractivity (Wildman–Crippen MR) is 112 cm³/mol. The number of nitrogens with one attached hydrogen (secondary N) is 1. The molecule has 8 heteroatoms. The highest BCUT2D eigenvalue weighted by molar-refractivity contribution is 7.98. The molecule has 4 rings (SSSR count). The summed E-state index contributed by atoms with van der Waals surface area (Å²) in [7, 11) is 0. The number of carbonyl (C=O) groups excluding carboxylic acids is 1. The summed E-state index contributed by atoms with van der Waals surface area (Å²) >= 11 is 7.76. The average Bonchev–Trinajstić information content (AvgIpc) is 2.70. The van der Waals surface area contributed by atoms with Crippen LogP contribution in [0.2, 0.25) is 5.02 Å². The first-order valence-corrected chi connectivity index (χ1v) is 10.8. The number of amides is 1. The molecule has 0 aliphatic carbocycles. The van der Waals surface area contributed by atoms with Crippen molar-refractivity contribution in [3.63, 3.8) is 0 Å². The van der Waals surface area contributed by atoms with E-state index >= 15 is 0 Å². The van der Waals surface area contributed by atoms with Crippen LogP contribution in [-0.4, -0.2) is 42.5 Å². The third-order valence-electron chi connectivity index (χ3n) is 4.52. The molecule has 0 aromatic heterocycles. The van der Waals surface area contributed by atoms with Gasteiger partial charge in [0.2, 0.25) is 0 Å². The molecule has 0 saturated carbocycles. The van der Waals surface area contributed by atoms with Crippen molar-refractivity contribution >= 4 is 35.2 Å². The van der Waals surface area contributed by atoms with Crippen LogP contribution in [0.25, 0.3) is 0 Å². The molecule has 0 saturated heterocycles. The highest BCUT2D eigenvalue weighted by Gasteiger charge is 2.24. The number of halogens is 1. The molecule has 2 aromatic rings. The summed E-state index contributed by atoms with van der Waals surface area (Å²) in [6.45, 7) is 0.899. The minimum Gasteiger partial charge on any atom is -0.493 e. The minimum absolute atomic E-state index is 0.0967. The maximum absolute atomic E-state index is 12.9.